The van der Waals surface area contributed by atoms with Gasteiger partial charge in [-0.1, -0.05) is 0 Å². The third-order valence-electron chi connectivity index (χ3n) is 2.25. The van der Waals surface area contributed by atoms with Crippen molar-refractivity contribution in [2.45, 2.75) is 19.9 Å². The fourth-order valence-corrected chi connectivity index (χ4v) is 1.54. The highest BCUT2D eigenvalue weighted by molar-refractivity contribution is 14.0. The van der Waals surface area contributed by atoms with Crippen LogP contribution in [0.5, 0.6) is 0 Å². The largest absolute Gasteiger partial charge is 0.370 e. The molecule has 100 valence electrons. The lowest BCUT2D eigenvalue weighted by Gasteiger charge is -2.25. The molecular weight excluding hydrogens is 333 g/mol. The Balaban J connectivity index is 0.00000256. The van der Waals surface area contributed by atoms with Gasteiger partial charge in [0, 0.05) is 25.7 Å². The predicted molar refractivity (Wildman–Crippen MR) is 79.6 cm³/mol. The molecule has 0 atom stereocenters. The van der Waals surface area contributed by atoms with Crippen LogP contribution in [0.2, 0.25) is 0 Å². The Morgan fingerprint density at radius 2 is 2.35 bits per heavy atom. The molecule has 1 heterocycles. The van der Waals surface area contributed by atoms with E-state index in [-0.39, 0.29) is 29.9 Å². The first kappa shape index (κ1) is 16.4. The molecule has 1 amide bonds. The van der Waals surface area contributed by atoms with Gasteiger partial charge in [0.25, 0.3) is 0 Å². The van der Waals surface area contributed by atoms with Crippen LogP contribution in [0, 0.1) is 0 Å². The fraction of sp³-hybridized carbons (Fsp3) is 0.800. The van der Waals surface area contributed by atoms with E-state index in [1.165, 1.54) is 0 Å². The first-order valence-electron chi connectivity index (χ1n) is 5.63. The van der Waals surface area contributed by atoms with Crippen LogP contribution < -0.4 is 16.4 Å². The zero-order valence-electron chi connectivity index (χ0n) is 10.4. The number of piperazine rings is 1. The van der Waals surface area contributed by atoms with Gasteiger partial charge in [-0.2, -0.15) is 0 Å². The summed E-state index contributed by atoms with van der Waals surface area (Å²) in [6, 6.07) is 0.296. The minimum atomic E-state index is 0. The van der Waals surface area contributed by atoms with Crippen LogP contribution >= 0.6 is 24.0 Å². The van der Waals surface area contributed by atoms with Gasteiger partial charge in [-0.15, -0.1) is 24.0 Å². The summed E-state index contributed by atoms with van der Waals surface area (Å²) in [5, 5.41) is 5.80. The van der Waals surface area contributed by atoms with Crippen LogP contribution in [0.3, 0.4) is 0 Å². The lowest BCUT2D eigenvalue weighted by molar-refractivity contribution is -0.124. The molecule has 0 unspecified atom stereocenters. The number of halogens is 1. The van der Waals surface area contributed by atoms with Gasteiger partial charge in [-0.3, -0.25) is 14.7 Å². The summed E-state index contributed by atoms with van der Waals surface area (Å²) < 4.78 is 0. The molecule has 6 nitrogen and oxygen atoms in total. The van der Waals surface area contributed by atoms with Crippen LogP contribution in [-0.4, -0.2) is 55.5 Å². The average molecular weight is 355 g/mol. The third kappa shape index (κ3) is 7.37. The minimum absolute atomic E-state index is 0. The van der Waals surface area contributed by atoms with E-state index in [1.807, 2.05) is 13.8 Å². The smallest absolute Gasteiger partial charge is 0.234 e. The quantitative estimate of drug-likeness (QED) is 0.356. The molecule has 1 fully saturated rings. The van der Waals surface area contributed by atoms with Crippen LogP contribution in [-0.2, 0) is 4.79 Å². The van der Waals surface area contributed by atoms with E-state index in [0.29, 0.717) is 25.1 Å². The van der Waals surface area contributed by atoms with Crippen LogP contribution in [0.1, 0.15) is 13.8 Å². The van der Waals surface area contributed by atoms with Crippen molar-refractivity contribution < 1.29 is 4.79 Å². The predicted octanol–water partition coefficient (Wildman–Crippen LogP) is -0.651. The van der Waals surface area contributed by atoms with Gasteiger partial charge < -0.3 is 16.4 Å². The summed E-state index contributed by atoms with van der Waals surface area (Å²) in [6.07, 6.45) is 0. The Hall–Kier alpha value is -0.570. The molecule has 17 heavy (non-hydrogen) atoms. The lowest BCUT2D eigenvalue weighted by atomic mass is 10.3. The number of hydrogen-bond acceptors (Lipinski definition) is 3. The molecule has 4 N–H and O–H groups in total. The number of aliphatic imine (C=N–C) groups is 1. The standard InChI is InChI=1S/C10H21N5O.HI/c1-8(2)14-10(11)13-4-6-15-5-3-12-9(16)7-15;/h8H,3-7H2,1-2H3,(H,12,16)(H3,11,13,14);1H. The number of rotatable bonds is 4. The average Bonchev–Trinajstić information content (AvgIpc) is 2.16. The molecular formula is C10H22IN5O. The molecule has 0 saturated carbocycles. The summed E-state index contributed by atoms with van der Waals surface area (Å²) >= 11 is 0. The molecule has 1 rings (SSSR count). The number of amides is 1. The molecule has 0 spiro atoms. The van der Waals surface area contributed by atoms with Gasteiger partial charge in [0.1, 0.15) is 0 Å². The van der Waals surface area contributed by atoms with E-state index >= 15 is 0 Å². The van der Waals surface area contributed by atoms with Gasteiger partial charge >= 0.3 is 0 Å². The summed E-state index contributed by atoms with van der Waals surface area (Å²) in [5.74, 6) is 0.556. The Morgan fingerprint density at radius 1 is 1.65 bits per heavy atom. The van der Waals surface area contributed by atoms with Gasteiger partial charge in [0.15, 0.2) is 5.96 Å². The van der Waals surface area contributed by atoms with E-state index < -0.39 is 0 Å². The SMILES string of the molecule is CC(C)NC(N)=NCCN1CCNC(=O)C1.I. The molecule has 0 aliphatic carbocycles. The summed E-state index contributed by atoms with van der Waals surface area (Å²) in [7, 11) is 0. The molecule has 0 aromatic heterocycles. The molecule has 1 aliphatic heterocycles. The summed E-state index contributed by atoms with van der Waals surface area (Å²) in [5.41, 5.74) is 5.66. The van der Waals surface area contributed by atoms with Gasteiger partial charge in [-0.05, 0) is 13.8 Å². The molecule has 7 heteroatoms. The number of carbonyl (C=O) groups excluding carboxylic acids is 1. The molecule has 0 aromatic carbocycles. The number of nitrogens with two attached hydrogens (primary N) is 1. The number of nitrogens with one attached hydrogen (secondary N) is 2. The van der Waals surface area contributed by atoms with E-state index in [9.17, 15) is 4.79 Å². The van der Waals surface area contributed by atoms with E-state index in [1.54, 1.807) is 0 Å². The monoisotopic (exact) mass is 355 g/mol. The van der Waals surface area contributed by atoms with Crippen LogP contribution in [0.4, 0.5) is 0 Å². The zero-order chi connectivity index (χ0) is 12.0. The number of hydrogen-bond donors (Lipinski definition) is 3. The fourth-order valence-electron chi connectivity index (χ4n) is 1.54. The molecule has 0 aromatic rings. The Kier molecular flexibility index (Phi) is 8.23. The van der Waals surface area contributed by atoms with Gasteiger partial charge in [-0.25, -0.2) is 0 Å². The zero-order valence-corrected chi connectivity index (χ0v) is 12.7. The number of carbonyl (C=O) groups is 1. The van der Waals surface area contributed by atoms with Crippen molar-refractivity contribution in [3.63, 3.8) is 0 Å². The maximum atomic E-state index is 11.1. The van der Waals surface area contributed by atoms with Crippen molar-refractivity contribution in [3.8, 4) is 0 Å². The van der Waals surface area contributed by atoms with Crippen LogP contribution in [0.15, 0.2) is 4.99 Å². The van der Waals surface area contributed by atoms with E-state index in [2.05, 4.69) is 20.5 Å². The van der Waals surface area contributed by atoms with Crippen molar-refractivity contribution >= 4 is 35.8 Å². The second-order valence-corrected chi connectivity index (χ2v) is 4.19. The minimum Gasteiger partial charge on any atom is -0.370 e. The van der Waals surface area contributed by atoms with Crippen molar-refractivity contribution in [2.24, 2.45) is 10.7 Å². The highest BCUT2D eigenvalue weighted by atomic mass is 127. The first-order valence-corrected chi connectivity index (χ1v) is 5.63. The molecule has 1 aliphatic rings. The van der Waals surface area contributed by atoms with E-state index in [0.717, 1.165) is 19.6 Å². The van der Waals surface area contributed by atoms with Crippen molar-refractivity contribution in [1.29, 1.82) is 0 Å². The lowest BCUT2D eigenvalue weighted by Crippen LogP contribution is -2.48. The van der Waals surface area contributed by atoms with Crippen molar-refractivity contribution in [1.82, 2.24) is 15.5 Å². The highest BCUT2D eigenvalue weighted by Gasteiger charge is 2.14. The van der Waals surface area contributed by atoms with E-state index in [4.69, 9.17) is 5.73 Å². The Morgan fingerprint density at radius 3 is 2.94 bits per heavy atom. The topological polar surface area (TPSA) is 82.8 Å². The molecule has 1 saturated heterocycles. The normalized spacial score (nSPS) is 17.6. The van der Waals surface area contributed by atoms with Gasteiger partial charge in [0.05, 0.1) is 13.1 Å². The highest BCUT2D eigenvalue weighted by Crippen LogP contribution is 1.92. The summed E-state index contributed by atoms with van der Waals surface area (Å²) in [6.45, 7) is 7.50. The second kappa shape index (κ2) is 8.51. The van der Waals surface area contributed by atoms with Crippen molar-refractivity contribution in [3.05, 3.63) is 0 Å². The van der Waals surface area contributed by atoms with Crippen LogP contribution in [0.25, 0.3) is 0 Å². The van der Waals surface area contributed by atoms with Crippen molar-refractivity contribution in [2.75, 3.05) is 32.7 Å². The Labute approximate surface area is 119 Å². The molecule has 0 bridgehead atoms. The van der Waals surface area contributed by atoms with Gasteiger partial charge in [0.2, 0.25) is 5.91 Å². The maximum Gasteiger partial charge on any atom is 0.234 e. The maximum absolute atomic E-state index is 11.1. The molecule has 0 radical (unpaired) electrons. The number of guanidine groups is 1. The second-order valence-electron chi connectivity index (χ2n) is 4.19. The third-order valence-corrected chi connectivity index (χ3v) is 2.25. The summed E-state index contributed by atoms with van der Waals surface area (Å²) in [4.78, 5) is 17.4. The number of nitrogens with zero attached hydrogens (tertiary/aromatic N) is 2. The first-order chi connectivity index (χ1) is 7.58. The Bertz CT molecular complexity index is 269.